The topological polar surface area (TPSA) is 93.5 Å². The minimum Gasteiger partial charge on any atom is -0.494 e. The predicted molar refractivity (Wildman–Crippen MR) is 104 cm³/mol. The fourth-order valence-electron chi connectivity index (χ4n) is 4.27. The standard InChI is InChI=1S/C20H26N6O3/c1-2-29-17-5-3-16(4-6-17)19(28)24-10-7-20(8-11-24)9-12-25(14-20)18(27)13-26-15-21-22-23-26/h3-6,15H,2,7-14H2,1H3. The summed E-state index contributed by atoms with van der Waals surface area (Å²) in [5.41, 5.74) is 0.806. The van der Waals surface area contributed by atoms with Crippen LogP contribution in [0.25, 0.3) is 0 Å². The van der Waals surface area contributed by atoms with E-state index in [2.05, 4.69) is 15.5 Å². The second-order valence-electron chi connectivity index (χ2n) is 7.82. The van der Waals surface area contributed by atoms with Gasteiger partial charge >= 0.3 is 0 Å². The Balaban J connectivity index is 1.31. The van der Waals surface area contributed by atoms with Gasteiger partial charge in [0, 0.05) is 31.7 Å². The van der Waals surface area contributed by atoms with E-state index in [0.717, 1.165) is 51.2 Å². The Kier molecular flexibility index (Phi) is 5.46. The Morgan fingerprint density at radius 3 is 2.38 bits per heavy atom. The molecule has 2 fully saturated rings. The minimum atomic E-state index is 0.0436. The van der Waals surface area contributed by atoms with Crippen LogP contribution in [-0.2, 0) is 11.3 Å². The van der Waals surface area contributed by atoms with Gasteiger partial charge in [-0.05, 0) is 66.3 Å². The molecular weight excluding hydrogens is 372 g/mol. The van der Waals surface area contributed by atoms with Gasteiger partial charge in [0.15, 0.2) is 0 Å². The molecule has 4 rings (SSSR count). The van der Waals surface area contributed by atoms with E-state index in [1.54, 1.807) is 0 Å². The average Bonchev–Trinajstić information content (AvgIpc) is 3.39. The van der Waals surface area contributed by atoms with Crippen molar-refractivity contribution >= 4 is 11.8 Å². The summed E-state index contributed by atoms with van der Waals surface area (Å²) >= 11 is 0. The number of carbonyl (C=O) groups is 2. The fourth-order valence-corrected chi connectivity index (χ4v) is 4.27. The Bertz CT molecular complexity index is 844. The van der Waals surface area contributed by atoms with Crippen LogP contribution in [0.4, 0.5) is 0 Å². The highest BCUT2D eigenvalue weighted by Gasteiger charge is 2.42. The van der Waals surface area contributed by atoms with Gasteiger partial charge in [-0.2, -0.15) is 0 Å². The molecule has 0 atom stereocenters. The van der Waals surface area contributed by atoms with E-state index in [9.17, 15) is 9.59 Å². The Labute approximate surface area is 169 Å². The lowest BCUT2D eigenvalue weighted by atomic mass is 9.77. The molecule has 1 spiro atoms. The van der Waals surface area contributed by atoms with E-state index in [4.69, 9.17) is 4.74 Å². The molecule has 2 aliphatic rings. The van der Waals surface area contributed by atoms with Crippen molar-refractivity contribution in [2.75, 3.05) is 32.8 Å². The molecule has 0 radical (unpaired) electrons. The predicted octanol–water partition coefficient (Wildman–Crippen LogP) is 1.23. The lowest BCUT2D eigenvalue weighted by Gasteiger charge is -2.39. The number of amides is 2. The molecule has 2 amide bonds. The maximum Gasteiger partial charge on any atom is 0.253 e. The molecule has 2 aliphatic heterocycles. The van der Waals surface area contributed by atoms with Crippen LogP contribution in [0, 0.1) is 5.41 Å². The average molecular weight is 398 g/mol. The molecule has 1 aromatic heterocycles. The third-order valence-corrected chi connectivity index (χ3v) is 6.00. The molecule has 2 saturated heterocycles. The van der Waals surface area contributed by atoms with Crippen LogP contribution in [0.1, 0.15) is 36.5 Å². The summed E-state index contributed by atoms with van der Waals surface area (Å²) in [5, 5.41) is 10.9. The molecule has 0 saturated carbocycles. The van der Waals surface area contributed by atoms with Gasteiger partial charge in [0.2, 0.25) is 5.91 Å². The van der Waals surface area contributed by atoms with Crippen LogP contribution in [0.2, 0.25) is 0 Å². The van der Waals surface area contributed by atoms with E-state index in [0.29, 0.717) is 12.2 Å². The van der Waals surface area contributed by atoms with Crippen LogP contribution >= 0.6 is 0 Å². The molecule has 0 aliphatic carbocycles. The normalized spacial score (nSPS) is 18.2. The van der Waals surface area contributed by atoms with Gasteiger partial charge in [-0.3, -0.25) is 9.59 Å². The van der Waals surface area contributed by atoms with Gasteiger partial charge in [-0.15, -0.1) is 5.10 Å². The SMILES string of the molecule is CCOc1ccc(C(=O)N2CCC3(CCN(C(=O)Cn4cnnn4)C3)CC2)cc1. The van der Waals surface area contributed by atoms with Crippen LogP contribution in [0.5, 0.6) is 5.75 Å². The zero-order valence-electron chi connectivity index (χ0n) is 16.7. The summed E-state index contributed by atoms with van der Waals surface area (Å²) in [6.45, 7) is 5.67. The van der Waals surface area contributed by atoms with Gasteiger partial charge in [0.25, 0.3) is 5.91 Å². The van der Waals surface area contributed by atoms with E-state index in [-0.39, 0.29) is 23.8 Å². The lowest BCUT2D eigenvalue weighted by Crippen LogP contribution is -2.45. The van der Waals surface area contributed by atoms with Crippen molar-refractivity contribution in [2.45, 2.75) is 32.7 Å². The number of rotatable bonds is 5. The fraction of sp³-hybridized carbons (Fsp3) is 0.550. The smallest absolute Gasteiger partial charge is 0.253 e. The van der Waals surface area contributed by atoms with Gasteiger partial charge < -0.3 is 14.5 Å². The van der Waals surface area contributed by atoms with Crippen molar-refractivity contribution in [1.29, 1.82) is 0 Å². The number of carbonyl (C=O) groups excluding carboxylic acids is 2. The number of benzene rings is 1. The zero-order chi connectivity index (χ0) is 20.3. The molecule has 0 bridgehead atoms. The largest absolute Gasteiger partial charge is 0.494 e. The molecule has 0 N–H and O–H groups in total. The van der Waals surface area contributed by atoms with Crippen molar-refractivity contribution in [1.82, 2.24) is 30.0 Å². The summed E-state index contributed by atoms with van der Waals surface area (Å²) in [6, 6.07) is 7.33. The quantitative estimate of drug-likeness (QED) is 0.752. The number of hydrogen-bond acceptors (Lipinski definition) is 6. The molecule has 9 nitrogen and oxygen atoms in total. The Morgan fingerprint density at radius 2 is 1.76 bits per heavy atom. The number of hydrogen-bond donors (Lipinski definition) is 0. The number of ether oxygens (including phenoxy) is 1. The van der Waals surface area contributed by atoms with Crippen LogP contribution in [-0.4, -0.2) is 74.6 Å². The molecule has 1 aromatic carbocycles. The molecule has 2 aromatic rings. The highest BCUT2D eigenvalue weighted by molar-refractivity contribution is 5.94. The van der Waals surface area contributed by atoms with Crippen molar-refractivity contribution in [3.8, 4) is 5.75 Å². The van der Waals surface area contributed by atoms with Crippen LogP contribution < -0.4 is 4.74 Å². The van der Waals surface area contributed by atoms with Crippen LogP contribution in [0.15, 0.2) is 30.6 Å². The van der Waals surface area contributed by atoms with E-state index < -0.39 is 0 Å². The molecule has 3 heterocycles. The van der Waals surface area contributed by atoms with Crippen molar-refractivity contribution in [3.63, 3.8) is 0 Å². The van der Waals surface area contributed by atoms with Gasteiger partial charge in [0.05, 0.1) is 6.61 Å². The molecule has 9 heteroatoms. The van der Waals surface area contributed by atoms with Crippen molar-refractivity contribution in [3.05, 3.63) is 36.2 Å². The Morgan fingerprint density at radius 1 is 1.07 bits per heavy atom. The maximum atomic E-state index is 12.8. The number of nitrogens with zero attached hydrogens (tertiary/aromatic N) is 6. The first-order chi connectivity index (χ1) is 14.1. The summed E-state index contributed by atoms with van der Waals surface area (Å²) in [6.07, 6.45) is 4.28. The number of piperidine rings is 1. The highest BCUT2D eigenvalue weighted by atomic mass is 16.5. The van der Waals surface area contributed by atoms with Gasteiger partial charge in [-0.1, -0.05) is 0 Å². The van der Waals surface area contributed by atoms with E-state index in [1.807, 2.05) is 41.0 Å². The van der Waals surface area contributed by atoms with Crippen molar-refractivity contribution in [2.24, 2.45) is 5.41 Å². The lowest BCUT2D eigenvalue weighted by molar-refractivity contribution is -0.131. The number of tetrazole rings is 1. The first-order valence-corrected chi connectivity index (χ1v) is 10.1. The first-order valence-electron chi connectivity index (χ1n) is 10.1. The summed E-state index contributed by atoms with van der Waals surface area (Å²) in [5.74, 6) is 0.883. The second kappa shape index (κ2) is 8.18. The van der Waals surface area contributed by atoms with Crippen molar-refractivity contribution < 1.29 is 14.3 Å². The monoisotopic (exact) mass is 398 g/mol. The Hall–Kier alpha value is -2.97. The van der Waals surface area contributed by atoms with Gasteiger partial charge in [-0.25, -0.2) is 4.68 Å². The van der Waals surface area contributed by atoms with Crippen LogP contribution in [0.3, 0.4) is 0 Å². The molecule has 29 heavy (non-hydrogen) atoms. The third kappa shape index (κ3) is 4.23. The molecular formula is C20H26N6O3. The third-order valence-electron chi connectivity index (χ3n) is 6.00. The summed E-state index contributed by atoms with van der Waals surface area (Å²) in [7, 11) is 0. The van der Waals surface area contributed by atoms with Gasteiger partial charge in [0.1, 0.15) is 18.6 Å². The minimum absolute atomic E-state index is 0.0436. The molecule has 0 unspecified atom stereocenters. The van der Waals surface area contributed by atoms with E-state index in [1.165, 1.54) is 11.0 Å². The maximum absolute atomic E-state index is 12.8. The summed E-state index contributed by atoms with van der Waals surface area (Å²) < 4.78 is 6.89. The number of likely N-dealkylation sites (tertiary alicyclic amines) is 2. The zero-order valence-corrected chi connectivity index (χ0v) is 16.7. The first kappa shape index (κ1) is 19.4. The number of aromatic nitrogens is 4. The molecule has 154 valence electrons. The van der Waals surface area contributed by atoms with E-state index >= 15 is 0 Å². The second-order valence-corrected chi connectivity index (χ2v) is 7.82. The highest BCUT2D eigenvalue weighted by Crippen LogP contribution is 2.40. The summed E-state index contributed by atoms with van der Waals surface area (Å²) in [4.78, 5) is 29.2.